The molecule has 2 saturated carbocycles. The first-order valence-corrected chi connectivity index (χ1v) is 10.9. The molecule has 1 aliphatic heterocycles. The summed E-state index contributed by atoms with van der Waals surface area (Å²) in [7, 11) is 1.86. The molecule has 0 spiro atoms. The zero-order valence-corrected chi connectivity index (χ0v) is 16.9. The van der Waals surface area contributed by atoms with E-state index in [4.69, 9.17) is 9.47 Å². The maximum atomic E-state index is 12.1. The van der Waals surface area contributed by atoms with Gasteiger partial charge < -0.3 is 20.1 Å². The van der Waals surface area contributed by atoms with Gasteiger partial charge in [0.25, 0.3) is 0 Å². The number of carbonyl (C=O) groups is 1. The molecular weight excluding hydrogens is 328 g/mol. The van der Waals surface area contributed by atoms with Gasteiger partial charge in [-0.15, -0.1) is 0 Å². The van der Waals surface area contributed by atoms with E-state index in [0.717, 1.165) is 44.1 Å². The van der Waals surface area contributed by atoms with Crippen LogP contribution in [0.25, 0.3) is 0 Å². The summed E-state index contributed by atoms with van der Waals surface area (Å²) in [5, 5.41) is 6.61. The molecule has 3 aliphatic rings. The van der Waals surface area contributed by atoms with E-state index >= 15 is 0 Å². The number of rotatable bonds is 6. The minimum Gasteiger partial charge on any atom is -0.465 e. The first kappa shape index (κ1) is 20.1. The minimum atomic E-state index is 0.0291. The van der Waals surface area contributed by atoms with Crippen LogP contribution in [-0.4, -0.2) is 50.0 Å². The summed E-state index contributed by atoms with van der Waals surface area (Å²) < 4.78 is 11.0. The van der Waals surface area contributed by atoms with Crippen LogP contribution in [0.4, 0.5) is 0 Å². The SMILES string of the molecule is CCCOC(=O)C1CCC(NC2CC(C)[NH2+]C3CCC(OC)CC23)CC1. The second kappa shape index (κ2) is 9.52. The zero-order chi connectivity index (χ0) is 18.5. The Hall–Kier alpha value is -0.650. The Kier molecular flexibility index (Phi) is 7.35. The molecule has 0 bridgehead atoms. The van der Waals surface area contributed by atoms with E-state index in [9.17, 15) is 4.79 Å². The smallest absolute Gasteiger partial charge is 0.308 e. The van der Waals surface area contributed by atoms with Crippen molar-refractivity contribution in [3.8, 4) is 0 Å². The van der Waals surface area contributed by atoms with E-state index in [0.29, 0.717) is 30.8 Å². The molecule has 3 rings (SSSR count). The first-order valence-electron chi connectivity index (χ1n) is 10.9. The molecule has 5 heteroatoms. The van der Waals surface area contributed by atoms with E-state index in [1.165, 1.54) is 25.7 Å². The zero-order valence-electron chi connectivity index (χ0n) is 16.9. The second-order valence-electron chi connectivity index (χ2n) is 8.89. The standard InChI is InChI=1S/C21H38N2O3/c1-4-11-26-21(24)15-5-7-16(8-6-15)23-20-12-14(2)22-19-10-9-17(25-3)13-18(19)20/h14-20,22-23H,4-13H2,1-3H3/p+1. The Morgan fingerprint density at radius 1 is 1.12 bits per heavy atom. The van der Waals surface area contributed by atoms with Crippen molar-refractivity contribution in [1.82, 2.24) is 5.32 Å². The van der Waals surface area contributed by atoms with Gasteiger partial charge in [0, 0.05) is 38.0 Å². The van der Waals surface area contributed by atoms with Crippen LogP contribution in [0.5, 0.6) is 0 Å². The lowest BCUT2D eigenvalue weighted by Gasteiger charge is -2.45. The highest BCUT2D eigenvalue weighted by atomic mass is 16.5. The molecule has 5 atom stereocenters. The number of nitrogens with one attached hydrogen (secondary N) is 1. The van der Waals surface area contributed by atoms with Crippen LogP contribution in [0.15, 0.2) is 0 Å². The summed E-state index contributed by atoms with van der Waals surface area (Å²) >= 11 is 0. The molecule has 0 amide bonds. The van der Waals surface area contributed by atoms with Crippen molar-refractivity contribution in [2.75, 3.05) is 13.7 Å². The number of nitrogens with two attached hydrogens (primary N) is 1. The maximum absolute atomic E-state index is 12.1. The summed E-state index contributed by atoms with van der Waals surface area (Å²) in [6, 6.07) is 2.62. The Bertz CT molecular complexity index is 451. The van der Waals surface area contributed by atoms with Crippen molar-refractivity contribution in [2.24, 2.45) is 11.8 Å². The summed E-state index contributed by atoms with van der Waals surface area (Å²) in [6.07, 6.45) is 10.4. The van der Waals surface area contributed by atoms with Gasteiger partial charge in [-0.3, -0.25) is 4.79 Å². The van der Waals surface area contributed by atoms with Gasteiger partial charge in [-0.25, -0.2) is 0 Å². The summed E-state index contributed by atoms with van der Waals surface area (Å²) in [5.74, 6) is 0.872. The van der Waals surface area contributed by atoms with E-state index in [1.54, 1.807) is 0 Å². The second-order valence-corrected chi connectivity index (χ2v) is 8.89. The summed E-state index contributed by atoms with van der Waals surface area (Å²) in [4.78, 5) is 12.1. The first-order chi connectivity index (χ1) is 12.6. The fraction of sp³-hybridized carbons (Fsp3) is 0.952. The molecule has 26 heavy (non-hydrogen) atoms. The number of esters is 1. The van der Waals surface area contributed by atoms with E-state index in [-0.39, 0.29) is 11.9 Å². The lowest BCUT2D eigenvalue weighted by atomic mass is 9.73. The van der Waals surface area contributed by atoms with Crippen molar-refractivity contribution in [3.05, 3.63) is 0 Å². The van der Waals surface area contributed by atoms with Gasteiger partial charge >= 0.3 is 5.97 Å². The highest BCUT2D eigenvalue weighted by Crippen LogP contribution is 2.33. The molecule has 2 aliphatic carbocycles. The molecule has 5 unspecified atom stereocenters. The molecule has 3 N–H and O–H groups in total. The third kappa shape index (κ3) is 4.99. The Balaban J connectivity index is 1.50. The lowest BCUT2D eigenvalue weighted by Crippen LogP contribution is -2.99. The fourth-order valence-electron chi connectivity index (χ4n) is 5.49. The predicted molar refractivity (Wildman–Crippen MR) is 102 cm³/mol. The molecule has 150 valence electrons. The molecule has 0 aromatic carbocycles. The normalized spacial score (nSPS) is 40.7. The average Bonchev–Trinajstić information content (AvgIpc) is 2.66. The number of hydrogen-bond acceptors (Lipinski definition) is 4. The lowest BCUT2D eigenvalue weighted by molar-refractivity contribution is -0.737. The fourth-order valence-corrected chi connectivity index (χ4v) is 5.49. The van der Waals surface area contributed by atoms with Gasteiger partial charge in [-0.1, -0.05) is 6.92 Å². The van der Waals surface area contributed by atoms with Crippen LogP contribution in [0.3, 0.4) is 0 Å². The van der Waals surface area contributed by atoms with Gasteiger partial charge in [0.15, 0.2) is 0 Å². The highest BCUT2D eigenvalue weighted by Gasteiger charge is 2.44. The van der Waals surface area contributed by atoms with Crippen molar-refractivity contribution in [2.45, 2.75) is 102 Å². The number of methoxy groups -OCH3 is 1. The van der Waals surface area contributed by atoms with Crippen molar-refractivity contribution in [3.63, 3.8) is 0 Å². The molecule has 5 nitrogen and oxygen atoms in total. The van der Waals surface area contributed by atoms with Crippen molar-refractivity contribution >= 4 is 5.97 Å². The van der Waals surface area contributed by atoms with Crippen LogP contribution < -0.4 is 10.6 Å². The van der Waals surface area contributed by atoms with Gasteiger partial charge in [0.2, 0.25) is 0 Å². The van der Waals surface area contributed by atoms with E-state index < -0.39 is 0 Å². The summed E-state index contributed by atoms with van der Waals surface area (Å²) in [6.45, 7) is 4.98. The van der Waals surface area contributed by atoms with Crippen LogP contribution in [0.2, 0.25) is 0 Å². The number of fused-ring (bicyclic) bond motifs is 1. The number of hydrogen-bond donors (Lipinski definition) is 2. The van der Waals surface area contributed by atoms with Gasteiger partial charge in [0.05, 0.1) is 30.7 Å². The predicted octanol–water partition coefficient (Wildman–Crippen LogP) is 2.00. The van der Waals surface area contributed by atoms with Crippen molar-refractivity contribution < 1.29 is 19.6 Å². The molecule has 0 aromatic rings. The van der Waals surface area contributed by atoms with E-state index in [1.807, 2.05) is 14.0 Å². The minimum absolute atomic E-state index is 0.0291. The van der Waals surface area contributed by atoms with Crippen molar-refractivity contribution in [1.29, 1.82) is 0 Å². The number of quaternary nitrogens is 1. The Morgan fingerprint density at radius 2 is 1.88 bits per heavy atom. The molecular formula is C21H39N2O3+. The average molecular weight is 368 g/mol. The van der Waals surface area contributed by atoms with Gasteiger partial charge in [-0.2, -0.15) is 0 Å². The van der Waals surface area contributed by atoms with Crippen LogP contribution in [0.1, 0.15) is 71.6 Å². The van der Waals surface area contributed by atoms with Gasteiger partial charge in [0.1, 0.15) is 0 Å². The van der Waals surface area contributed by atoms with Gasteiger partial charge in [-0.05, 0) is 51.9 Å². The number of ether oxygens (including phenoxy) is 2. The van der Waals surface area contributed by atoms with Crippen LogP contribution >= 0.6 is 0 Å². The summed E-state index contributed by atoms with van der Waals surface area (Å²) in [5.41, 5.74) is 0. The Labute approximate surface area is 159 Å². The molecule has 0 aromatic heterocycles. The number of piperidine rings is 1. The molecule has 1 saturated heterocycles. The van der Waals surface area contributed by atoms with E-state index in [2.05, 4.69) is 17.6 Å². The third-order valence-corrected chi connectivity index (χ3v) is 6.92. The highest BCUT2D eigenvalue weighted by molar-refractivity contribution is 5.72. The van der Waals surface area contributed by atoms with Crippen LogP contribution in [-0.2, 0) is 14.3 Å². The quantitative estimate of drug-likeness (QED) is 0.705. The molecule has 1 heterocycles. The Morgan fingerprint density at radius 3 is 2.58 bits per heavy atom. The third-order valence-electron chi connectivity index (χ3n) is 6.92. The largest absolute Gasteiger partial charge is 0.465 e. The molecule has 0 radical (unpaired) electrons. The monoisotopic (exact) mass is 367 g/mol. The molecule has 3 fully saturated rings. The topological polar surface area (TPSA) is 64.2 Å². The maximum Gasteiger partial charge on any atom is 0.308 e. The number of carbonyl (C=O) groups excluding carboxylic acids is 1. The van der Waals surface area contributed by atoms with Crippen LogP contribution in [0, 0.1) is 11.8 Å².